The second-order valence-electron chi connectivity index (χ2n) is 14.4. The minimum Gasteiger partial charge on any atom is -0.507 e. The van der Waals surface area contributed by atoms with Crippen molar-refractivity contribution in [1.29, 1.82) is 0 Å². The number of hydrogen-bond donors (Lipinski definition) is 5. The summed E-state index contributed by atoms with van der Waals surface area (Å²) in [4.78, 5) is 44.0. The van der Waals surface area contributed by atoms with E-state index in [2.05, 4.69) is 10.2 Å². The molecule has 51 heavy (non-hydrogen) atoms. The van der Waals surface area contributed by atoms with Crippen molar-refractivity contribution < 1.29 is 58.1 Å². The normalized spacial score (nSPS) is 35.7. The Balaban J connectivity index is 1.18. The molecule has 2 aromatic rings. The van der Waals surface area contributed by atoms with Crippen molar-refractivity contribution in [3.05, 3.63) is 51.6 Å². The molecule has 6 aliphatic rings. The maximum absolute atomic E-state index is 14.1. The fraction of sp³-hybridized carbons (Fsp3) is 0.583. The molecule has 15 heteroatoms. The molecule has 274 valence electrons. The van der Waals surface area contributed by atoms with Gasteiger partial charge in [0, 0.05) is 67.7 Å². The van der Waals surface area contributed by atoms with Gasteiger partial charge in [-0.3, -0.25) is 19.3 Å². The van der Waals surface area contributed by atoms with E-state index >= 15 is 0 Å². The summed E-state index contributed by atoms with van der Waals surface area (Å²) in [5, 5.41) is 38.8. The van der Waals surface area contributed by atoms with Gasteiger partial charge in [0.25, 0.3) is 5.91 Å². The van der Waals surface area contributed by atoms with E-state index in [-0.39, 0.29) is 58.7 Å². The number of rotatable bonds is 6. The first-order chi connectivity index (χ1) is 24.4. The maximum atomic E-state index is 14.1. The van der Waals surface area contributed by atoms with Crippen molar-refractivity contribution in [3.8, 4) is 17.2 Å². The van der Waals surface area contributed by atoms with E-state index in [0.29, 0.717) is 32.4 Å². The van der Waals surface area contributed by atoms with Gasteiger partial charge in [0.1, 0.15) is 29.0 Å². The van der Waals surface area contributed by atoms with Crippen LogP contribution in [0, 0.1) is 0 Å². The molecule has 6 N–H and O–H groups in total. The summed E-state index contributed by atoms with van der Waals surface area (Å²) >= 11 is 0. The molecule has 1 saturated carbocycles. The van der Waals surface area contributed by atoms with Gasteiger partial charge in [0.2, 0.25) is 5.78 Å². The third-order valence-corrected chi connectivity index (χ3v) is 11.4. The Labute approximate surface area is 293 Å². The summed E-state index contributed by atoms with van der Waals surface area (Å²) < 4.78 is 35.9. The zero-order chi connectivity index (χ0) is 35.9. The number of aromatic hydroxyl groups is 2. The van der Waals surface area contributed by atoms with Crippen molar-refractivity contribution in [1.82, 2.24) is 10.2 Å². The first-order valence-electron chi connectivity index (χ1n) is 17.5. The highest BCUT2D eigenvalue weighted by Gasteiger charge is 2.55. The number of ether oxygens (including phenoxy) is 6. The highest BCUT2D eigenvalue weighted by Crippen LogP contribution is 2.53. The van der Waals surface area contributed by atoms with E-state index in [1.807, 2.05) is 6.92 Å². The zero-order valence-corrected chi connectivity index (χ0v) is 28.6. The van der Waals surface area contributed by atoms with Crippen molar-refractivity contribution in [2.75, 3.05) is 27.4 Å². The number of fused-ring (bicyclic) bond motifs is 6. The van der Waals surface area contributed by atoms with E-state index in [4.69, 9.17) is 34.2 Å². The number of amides is 1. The molecular formula is C36H43N3O12. The standard InChI is InChI=1S/C36H43N3O12/c1-15-32-20(39-9-10-48-34(47-3)33(39)51-32)12-23(49-15)50-22-14-36(45,35(44)38-17-8-7-16(37)11-17)13-19-25(22)31(43)27-26(29(19)41)28(40)18-5-4-6-21(46-2)24(18)30(27)42/h4-6,15-17,20,22-23,32-34,41,43,45H,7-14,37H2,1-3H3,(H,38,44)/t15-,16-,17+,20-,22-,23-,32+,33+,34-,36-/m0/s1. The average molecular weight is 710 g/mol. The predicted molar refractivity (Wildman–Crippen MR) is 175 cm³/mol. The predicted octanol–water partition coefficient (Wildman–Crippen LogP) is 1.15. The molecule has 1 amide bonds. The van der Waals surface area contributed by atoms with Crippen LogP contribution in [0.25, 0.3) is 0 Å². The van der Waals surface area contributed by atoms with E-state index in [1.165, 1.54) is 19.2 Å². The van der Waals surface area contributed by atoms with E-state index in [1.54, 1.807) is 13.2 Å². The molecule has 0 aromatic heterocycles. The average Bonchev–Trinajstić information content (AvgIpc) is 3.71. The van der Waals surface area contributed by atoms with Crippen LogP contribution in [0.2, 0.25) is 0 Å². The van der Waals surface area contributed by atoms with Gasteiger partial charge < -0.3 is 54.8 Å². The number of nitrogens with two attached hydrogens (primary N) is 1. The number of carbonyl (C=O) groups excluding carboxylic acids is 3. The quantitative estimate of drug-likeness (QED) is 0.228. The van der Waals surface area contributed by atoms with E-state index < -0.39 is 83.1 Å². The largest absolute Gasteiger partial charge is 0.507 e. The third-order valence-electron chi connectivity index (χ3n) is 11.4. The summed E-state index contributed by atoms with van der Waals surface area (Å²) in [6.45, 7) is 2.88. The molecule has 3 aliphatic carbocycles. The van der Waals surface area contributed by atoms with Crippen LogP contribution < -0.4 is 15.8 Å². The molecule has 0 bridgehead atoms. The lowest BCUT2D eigenvalue weighted by Crippen LogP contribution is -2.56. The van der Waals surface area contributed by atoms with Crippen LogP contribution in [-0.2, 0) is 34.9 Å². The molecular weight excluding hydrogens is 666 g/mol. The molecule has 2 aromatic carbocycles. The van der Waals surface area contributed by atoms with Gasteiger partial charge in [-0.15, -0.1) is 0 Å². The summed E-state index contributed by atoms with van der Waals surface area (Å²) in [7, 11) is 2.92. The van der Waals surface area contributed by atoms with Crippen LogP contribution in [0.5, 0.6) is 17.2 Å². The molecule has 3 heterocycles. The highest BCUT2D eigenvalue weighted by atomic mass is 16.7. The molecule has 8 rings (SSSR count). The minimum absolute atomic E-state index is 0.00384. The lowest BCUT2D eigenvalue weighted by Gasteiger charge is -2.43. The van der Waals surface area contributed by atoms with Crippen LogP contribution >= 0.6 is 0 Å². The number of phenols is 2. The van der Waals surface area contributed by atoms with Gasteiger partial charge in [0.05, 0.1) is 42.6 Å². The third kappa shape index (κ3) is 5.44. The zero-order valence-electron chi connectivity index (χ0n) is 28.6. The SMILES string of the molecule is COc1cccc2c1C(=O)c1c(O)c3c(c(O)c1C2=O)C[C@@](O)(C(=O)N[C@@H]1CC[C@H](N)C1)C[C@@H]3O[C@H]1C[C@H]2[C@H](O[C@@H]3[C@@H](OC)OCCN32)[C@H](C)O1. The summed E-state index contributed by atoms with van der Waals surface area (Å²) in [6.07, 6.45) is -2.56. The Bertz CT molecular complexity index is 1790. The Morgan fingerprint density at radius 3 is 2.57 bits per heavy atom. The van der Waals surface area contributed by atoms with Crippen LogP contribution in [0.1, 0.15) is 88.1 Å². The van der Waals surface area contributed by atoms with Crippen LogP contribution in [-0.4, -0.2) is 120 Å². The van der Waals surface area contributed by atoms with Gasteiger partial charge in [-0.1, -0.05) is 12.1 Å². The molecule has 3 saturated heterocycles. The number of phenolic OH excluding ortho intramolecular Hbond substituents is 2. The van der Waals surface area contributed by atoms with Gasteiger partial charge >= 0.3 is 0 Å². The monoisotopic (exact) mass is 709 g/mol. The Hall–Kier alpha value is -3.67. The fourth-order valence-corrected chi connectivity index (χ4v) is 8.97. The highest BCUT2D eigenvalue weighted by molar-refractivity contribution is 6.31. The van der Waals surface area contributed by atoms with E-state index in [0.717, 1.165) is 6.42 Å². The number of morpholine rings is 1. The number of carbonyl (C=O) groups is 3. The molecule has 0 spiro atoms. The summed E-state index contributed by atoms with van der Waals surface area (Å²) in [5.74, 6) is -3.19. The molecule has 0 unspecified atom stereocenters. The lowest BCUT2D eigenvalue weighted by atomic mass is 9.72. The molecule has 3 aliphatic heterocycles. The Kier molecular flexibility index (Phi) is 8.62. The van der Waals surface area contributed by atoms with Crippen molar-refractivity contribution in [2.45, 2.75) is 106 Å². The van der Waals surface area contributed by atoms with Gasteiger partial charge in [0.15, 0.2) is 24.6 Å². The van der Waals surface area contributed by atoms with Crippen LogP contribution in [0.3, 0.4) is 0 Å². The number of hydrogen-bond acceptors (Lipinski definition) is 14. The second kappa shape index (κ2) is 12.8. The smallest absolute Gasteiger partial charge is 0.252 e. The molecule has 10 atom stereocenters. The van der Waals surface area contributed by atoms with Gasteiger partial charge in [-0.05, 0) is 32.3 Å². The molecule has 15 nitrogen and oxygen atoms in total. The number of aliphatic hydroxyl groups is 1. The van der Waals surface area contributed by atoms with Crippen molar-refractivity contribution >= 4 is 17.5 Å². The number of methoxy groups -OCH3 is 2. The second-order valence-corrected chi connectivity index (χ2v) is 14.4. The molecule has 0 radical (unpaired) electrons. The first-order valence-corrected chi connectivity index (χ1v) is 17.5. The van der Waals surface area contributed by atoms with Gasteiger partial charge in [-0.25, -0.2) is 0 Å². The number of nitrogens with one attached hydrogen (secondary N) is 1. The fourth-order valence-electron chi connectivity index (χ4n) is 8.97. The van der Waals surface area contributed by atoms with Crippen molar-refractivity contribution in [3.63, 3.8) is 0 Å². The Morgan fingerprint density at radius 2 is 1.84 bits per heavy atom. The van der Waals surface area contributed by atoms with E-state index in [9.17, 15) is 29.7 Å². The number of nitrogens with zero attached hydrogens (tertiary/aromatic N) is 1. The summed E-state index contributed by atoms with van der Waals surface area (Å²) in [6, 6.07) is 4.02. The first kappa shape index (κ1) is 34.4. The molecule has 4 fully saturated rings. The summed E-state index contributed by atoms with van der Waals surface area (Å²) in [5.41, 5.74) is 3.00. The topological polar surface area (TPSA) is 209 Å². The number of benzene rings is 2. The minimum atomic E-state index is -2.13. The van der Waals surface area contributed by atoms with Crippen LogP contribution in [0.4, 0.5) is 0 Å². The van der Waals surface area contributed by atoms with Crippen LogP contribution in [0.15, 0.2) is 18.2 Å². The number of ketones is 2. The maximum Gasteiger partial charge on any atom is 0.252 e. The van der Waals surface area contributed by atoms with Gasteiger partial charge in [-0.2, -0.15) is 0 Å². The van der Waals surface area contributed by atoms with Crippen molar-refractivity contribution in [2.24, 2.45) is 5.73 Å². The lowest BCUT2D eigenvalue weighted by molar-refractivity contribution is -0.256. The Morgan fingerprint density at radius 1 is 1.06 bits per heavy atom.